The topological polar surface area (TPSA) is 76.7 Å². The van der Waals surface area contributed by atoms with Crippen molar-refractivity contribution < 1.29 is 19.1 Å². The highest BCUT2D eigenvalue weighted by Gasteiger charge is 2.15. The number of hydrazine groups is 1. The summed E-state index contributed by atoms with van der Waals surface area (Å²) in [6, 6.07) is 22.7. The SMILES string of the molecule is O=C(NNC(=O)c1ccccc1OCCOc1ccccc1)c1ccccc1Cl. The van der Waals surface area contributed by atoms with Crippen LogP contribution in [0.5, 0.6) is 11.5 Å². The highest BCUT2D eigenvalue weighted by atomic mass is 35.5. The second-order valence-corrected chi connectivity index (χ2v) is 6.30. The van der Waals surface area contributed by atoms with Gasteiger partial charge in [0.1, 0.15) is 24.7 Å². The second-order valence-electron chi connectivity index (χ2n) is 5.89. The van der Waals surface area contributed by atoms with Gasteiger partial charge in [-0.3, -0.25) is 20.4 Å². The van der Waals surface area contributed by atoms with Crippen molar-refractivity contribution in [2.45, 2.75) is 0 Å². The van der Waals surface area contributed by atoms with Gasteiger partial charge in [0.15, 0.2) is 0 Å². The molecule has 0 aliphatic rings. The third kappa shape index (κ3) is 5.73. The molecule has 3 aromatic carbocycles. The van der Waals surface area contributed by atoms with E-state index in [4.69, 9.17) is 21.1 Å². The first kappa shape index (κ1) is 20.2. The van der Waals surface area contributed by atoms with E-state index in [0.29, 0.717) is 17.4 Å². The van der Waals surface area contributed by atoms with Crippen LogP contribution in [0.25, 0.3) is 0 Å². The van der Waals surface area contributed by atoms with Crippen LogP contribution in [-0.4, -0.2) is 25.0 Å². The first-order valence-corrected chi connectivity index (χ1v) is 9.28. The first-order chi connectivity index (χ1) is 14.1. The van der Waals surface area contributed by atoms with Gasteiger partial charge in [-0.1, -0.05) is 54.1 Å². The number of ether oxygens (including phenoxy) is 2. The van der Waals surface area contributed by atoms with Crippen molar-refractivity contribution in [3.8, 4) is 11.5 Å². The van der Waals surface area contributed by atoms with Gasteiger partial charge in [-0.15, -0.1) is 0 Å². The molecule has 29 heavy (non-hydrogen) atoms. The second kappa shape index (κ2) is 10.1. The Kier molecular flexibility index (Phi) is 7.08. The fraction of sp³-hybridized carbons (Fsp3) is 0.0909. The van der Waals surface area contributed by atoms with Crippen LogP contribution >= 0.6 is 11.6 Å². The van der Waals surface area contributed by atoms with E-state index in [1.165, 1.54) is 0 Å². The third-order valence-electron chi connectivity index (χ3n) is 3.89. The quantitative estimate of drug-likeness (QED) is 0.458. The van der Waals surface area contributed by atoms with Gasteiger partial charge in [-0.2, -0.15) is 0 Å². The van der Waals surface area contributed by atoms with Gasteiger partial charge < -0.3 is 9.47 Å². The maximum Gasteiger partial charge on any atom is 0.273 e. The summed E-state index contributed by atoms with van der Waals surface area (Å²) in [6.45, 7) is 0.578. The predicted octanol–water partition coefficient (Wildman–Crippen LogP) is 3.87. The molecule has 0 aliphatic carbocycles. The number of para-hydroxylation sites is 2. The van der Waals surface area contributed by atoms with Crippen molar-refractivity contribution in [1.29, 1.82) is 0 Å². The molecule has 0 atom stereocenters. The molecule has 0 spiro atoms. The van der Waals surface area contributed by atoms with Crippen LogP contribution in [-0.2, 0) is 0 Å². The molecule has 0 bridgehead atoms. The normalized spacial score (nSPS) is 10.1. The minimum absolute atomic E-state index is 0.255. The van der Waals surface area contributed by atoms with Crippen LogP contribution < -0.4 is 20.3 Å². The zero-order valence-corrected chi connectivity index (χ0v) is 16.2. The molecule has 3 aromatic rings. The Morgan fingerprint density at radius 1 is 0.690 bits per heavy atom. The van der Waals surface area contributed by atoms with E-state index >= 15 is 0 Å². The minimum Gasteiger partial charge on any atom is -0.490 e. The number of carbonyl (C=O) groups is 2. The van der Waals surface area contributed by atoms with Gasteiger partial charge in [0, 0.05) is 0 Å². The molecule has 2 N–H and O–H groups in total. The van der Waals surface area contributed by atoms with Crippen molar-refractivity contribution in [2.24, 2.45) is 0 Å². The third-order valence-corrected chi connectivity index (χ3v) is 4.22. The maximum atomic E-state index is 12.5. The Bertz CT molecular complexity index is 979. The minimum atomic E-state index is -0.515. The number of hydrogen-bond acceptors (Lipinski definition) is 4. The molecule has 2 amide bonds. The van der Waals surface area contributed by atoms with E-state index in [1.54, 1.807) is 48.5 Å². The number of rotatable bonds is 7. The predicted molar refractivity (Wildman–Crippen MR) is 110 cm³/mol. The van der Waals surface area contributed by atoms with Gasteiger partial charge in [0.05, 0.1) is 16.1 Å². The summed E-state index contributed by atoms with van der Waals surface area (Å²) < 4.78 is 11.2. The molecule has 3 rings (SSSR count). The molecular weight excluding hydrogens is 392 g/mol. The number of nitrogens with one attached hydrogen (secondary N) is 2. The maximum absolute atomic E-state index is 12.5. The Labute approximate surface area is 173 Å². The number of hydrogen-bond donors (Lipinski definition) is 2. The van der Waals surface area contributed by atoms with Crippen LogP contribution in [0.15, 0.2) is 78.9 Å². The van der Waals surface area contributed by atoms with Crippen molar-refractivity contribution in [3.63, 3.8) is 0 Å². The van der Waals surface area contributed by atoms with E-state index in [1.807, 2.05) is 30.3 Å². The fourth-order valence-electron chi connectivity index (χ4n) is 2.50. The Balaban J connectivity index is 1.54. The van der Waals surface area contributed by atoms with E-state index in [-0.39, 0.29) is 17.7 Å². The van der Waals surface area contributed by atoms with Crippen molar-refractivity contribution in [3.05, 3.63) is 95.0 Å². The lowest BCUT2D eigenvalue weighted by molar-refractivity contribution is 0.0844. The molecular formula is C22H19ClN2O4. The number of carbonyl (C=O) groups excluding carboxylic acids is 2. The zero-order chi connectivity index (χ0) is 20.5. The summed E-state index contributed by atoms with van der Waals surface area (Å²) in [6.07, 6.45) is 0. The Hall–Kier alpha value is -3.51. The smallest absolute Gasteiger partial charge is 0.273 e. The van der Waals surface area contributed by atoms with E-state index in [9.17, 15) is 9.59 Å². The Morgan fingerprint density at radius 2 is 1.24 bits per heavy atom. The van der Waals surface area contributed by atoms with Crippen LogP contribution in [0.1, 0.15) is 20.7 Å². The van der Waals surface area contributed by atoms with Crippen LogP contribution in [0.2, 0.25) is 5.02 Å². The fourth-order valence-corrected chi connectivity index (χ4v) is 2.72. The summed E-state index contributed by atoms with van der Waals surface area (Å²) in [5.41, 5.74) is 5.27. The van der Waals surface area contributed by atoms with Crippen LogP contribution in [0.3, 0.4) is 0 Å². The molecule has 0 heterocycles. The molecule has 0 aromatic heterocycles. The van der Waals surface area contributed by atoms with Crippen molar-refractivity contribution in [2.75, 3.05) is 13.2 Å². The standard InChI is InChI=1S/C22H19ClN2O4/c23-19-12-6-4-10-17(19)21(26)24-25-22(27)18-11-5-7-13-20(18)29-15-14-28-16-8-2-1-3-9-16/h1-13H,14-15H2,(H,24,26)(H,25,27). The average molecular weight is 411 g/mol. The molecule has 6 nitrogen and oxygen atoms in total. The summed E-state index contributed by atoms with van der Waals surface area (Å²) >= 11 is 5.99. The highest BCUT2D eigenvalue weighted by Crippen LogP contribution is 2.18. The zero-order valence-electron chi connectivity index (χ0n) is 15.4. The highest BCUT2D eigenvalue weighted by molar-refractivity contribution is 6.33. The molecule has 0 aliphatic heterocycles. The monoisotopic (exact) mass is 410 g/mol. The van der Waals surface area contributed by atoms with Crippen molar-refractivity contribution >= 4 is 23.4 Å². The summed E-state index contributed by atoms with van der Waals surface area (Å²) in [5, 5.41) is 0.293. The van der Waals surface area contributed by atoms with Gasteiger partial charge in [-0.25, -0.2) is 0 Å². The van der Waals surface area contributed by atoms with Crippen LogP contribution in [0, 0.1) is 0 Å². The first-order valence-electron chi connectivity index (χ1n) is 8.90. The molecule has 0 unspecified atom stereocenters. The molecule has 7 heteroatoms. The lowest BCUT2D eigenvalue weighted by Crippen LogP contribution is -2.41. The lowest BCUT2D eigenvalue weighted by atomic mass is 10.2. The van der Waals surface area contributed by atoms with E-state index < -0.39 is 11.8 Å². The molecule has 0 saturated carbocycles. The largest absolute Gasteiger partial charge is 0.490 e. The van der Waals surface area contributed by atoms with Gasteiger partial charge in [0.2, 0.25) is 0 Å². The molecule has 0 fully saturated rings. The molecule has 0 radical (unpaired) electrons. The average Bonchev–Trinajstić information content (AvgIpc) is 2.76. The Morgan fingerprint density at radius 3 is 1.97 bits per heavy atom. The summed E-state index contributed by atoms with van der Waals surface area (Å²) in [5.74, 6) is 0.0988. The van der Waals surface area contributed by atoms with Gasteiger partial charge >= 0.3 is 0 Å². The van der Waals surface area contributed by atoms with Crippen LogP contribution in [0.4, 0.5) is 0 Å². The van der Waals surface area contributed by atoms with Gasteiger partial charge in [0.25, 0.3) is 11.8 Å². The molecule has 0 saturated heterocycles. The number of amides is 2. The van der Waals surface area contributed by atoms with E-state index in [2.05, 4.69) is 10.9 Å². The van der Waals surface area contributed by atoms with Crippen molar-refractivity contribution in [1.82, 2.24) is 10.9 Å². The summed E-state index contributed by atoms with van der Waals surface area (Å²) in [4.78, 5) is 24.6. The number of benzene rings is 3. The van der Waals surface area contributed by atoms with E-state index in [0.717, 1.165) is 5.75 Å². The summed E-state index contributed by atoms with van der Waals surface area (Å²) in [7, 11) is 0. The molecule has 148 valence electrons. The van der Waals surface area contributed by atoms with Gasteiger partial charge in [-0.05, 0) is 36.4 Å². The number of halogens is 1. The lowest BCUT2D eigenvalue weighted by Gasteiger charge is -2.13.